The Balaban J connectivity index is 2.23. The molecule has 0 fully saturated rings. The fourth-order valence-corrected chi connectivity index (χ4v) is 1.69. The predicted octanol–water partition coefficient (Wildman–Crippen LogP) is 2.79. The number of ketones is 1. The summed E-state index contributed by atoms with van der Waals surface area (Å²) in [6, 6.07) is 7.66. The number of ether oxygens (including phenoxy) is 1. The number of Topliss-reactive ketones (excluding diaryl/α,β-unsaturated/α-hetero) is 1. The van der Waals surface area contributed by atoms with Crippen molar-refractivity contribution in [2.24, 2.45) is 0 Å². The van der Waals surface area contributed by atoms with Gasteiger partial charge >= 0.3 is 0 Å². The number of methoxy groups -OCH3 is 1. The summed E-state index contributed by atoms with van der Waals surface area (Å²) >= 11 is 0. The molecule has 0 aliphatic heterocycles. The van der Waals surface area contributed by atoms with Crippen molar-refractivity contribution in [2.75, 3.05) is 7.11 Å². The molecule has 1 aromatic heterocycles. The number of hydrogen-bond donors (Lipinski definition) is 0. The van der Waals surface area contributed by atoms with Crippen LogP contribution in [-0.2, 0) is 6.42 Å². The second kappa shape index (κ2) is 5.56. The highest BCUT2D eigenvalue weighted by Gasteiger charge is 2.14. The molecule has 0 aliphatic rings. The van der Waals surface area contributed by atoms with E-state index in [4.69, 9.17) is 4.74 Å². The molecule has 0 saturated carbocycles. The molecule has 0 spiro atoms. The van der Waals surface area contributed by atoms with E-state index in [9.17, 15) is 13.6 Å². The van der Waals surface area contributed by atoms with Crippen LogP contribution in [0.1, 0.15) is 15.9 Å². The molecule has 1 aromatic carbocycles. The maximum atomic E-state index is 13.4. The summed E-state index contributed by atoms with van der Waals surface area (Å²) in [7, 11) is 1.51. The molecule has 0 radical (unpaired) electrons. The molecular weight excluding hydrogens is 252 g/mol. The molecule has 0 aliphatic carbocycles. The summed E-state index contributed by atoms with van der Waals surface area (Å²) in [6.07, 6.45) is 0.672. The Hall–Kier alpha value is -2.30. The second-order valence-electron chi connectivity index (χ2n) is 3.94. The molecule has 2 aromatic rings. The number of nitrogens with zero attached hydrogens (tertiary/aromatic N) is 1. The average molecular weight is 263 g/mol. The third-order valence-corrected chi connectivity index (χ3v) is 2.62. The van der Waals surface area contributed by atoms with Gasteiger partial charge in [0.05, 0.1) is 18.9 Å². The van der Waals surface area contributed by atoms with Gasteiger partial charge in [-0.05, 0) is 17.7 Å². The summed E-state index contributed by atoms with van der Waals surface area (Å²) in [5.74, 6) is -1.61. The molecule has 0 unspecified atom stereocenters. The highest BCUT2D eigenvalue weighted by Crippen LogP contribution is 2.16. The summed E-state index contributed by atoms with van der Waals surface area (Å²) in [6.45, 7) is 0. The van der Waals surface area contributed by atoms with E-state index < -0.39 is 17.5 Å². The number of hydrogen-bond acceptors (Lipinski definition) is 3. The van der Waals surface area contributed by atoms with Crippen LogP contribution in [0.15, 0.2) is 36.5 Å². The normalized spacial score (nSPS) is 10.3. The summed E-state index contributed by atoms with van der Waals surface area (Å²) in [4.78, 5) is 15.1. The van der Waals surface area contributed by atoms with E-state index >= 15 is 0 Å². The van der Waals surface area contributed by atoms with Gasteiger partial charge in [-0.15, -0.1) is 0 Å². The SMILES string of the molecule is COc1cccc(CC(=O)c2cc(F)ncc2F)c1. The van der Waals surface area contributed by atoms with E-state index in [1.165, 1.54) is 7.11 Å². The molecule has 0 amide bonds. The Labute approximate surface area is 108 Å². The second-order valence-corrected chi connectivity index (χ2v) is 3.94. The van der Waals surface area contributed by atoms with Gasteiger partial charge in [0.25, 0.3) is 0 Å². The third kappa shape index (κ3) is 3.13. The lowest BCUT2D eigenvalue weighted by atomic mass is 10.0. The maximum absolute atomic E-state index is 13.4. The van der Waals surface area contributed by atoms with Crippen molar-refractivity contribution in [3.8, 4) is 5.75 Å². The van der Waals surface area contributed by atoms with Crippen molar-refractivity contribution in [3.05, 3.63) is 59.4 Å². The van der Waals surface area contributed by atoms with Gasteiger partial charge in [0.15, 0.2) is 11.6 Å². The van der Waals surface area contributed by atoms with Crippen molar-refractivity contribution in [1.29, 1.82) is 0 Å². The number of carbonyl (C=O) groups excluding carboxylic acids is 1. The zero-order chi connectivity index (χ0) is 13.8. The number of rotatable bonds is 4. The highest BCUT2D eigenvalue weighted by atomic mass is 19.1. The number of halogens is 2. The van der Waals surface area contributed by atoms with E-state index in [0.717, 1.165) is 6.07 Å². The van der Waals surface area contributed by atoms with E-state index in [1.54, 1.807) is 24.3 Å². The van der Waals surface area contributed by atoms with Crippen LogP contribution in [0.5, 0.6) is 5.75 Å². The number of benzene rings is 1. The van der Waals surface area contributed by atoms with E-state index in [2.05, 4.69) is 4.98 Å². The lowest BCUT2D eigenvalue weighted by Crippen LogP contribution is -2.07. The molecule has 0 N–H and O–H groups in total. The number of aromatic nitrogens is 1. The Morgan fingerprint density at radius 1 is 1.32 bits per heavy atom. The highest BCUT2D eigenvalue weighted by molar-refractivity contribution is 5.97. The van der Waals surface area contributed by atoms with E-state index in [1.807, 2.05) is 0 Å². The Morgan fingerprint density at radius 3 is 2.84 bits per heavy atom. The predicted molar refractivity (Wildman–Crippen MR) is 65.2 cm³/mol. The first-order valence-electron chi connectivity index (χ1n) is 5.57. The fraction of sp³-hybridized carbons (Fsp3) is 0.143. The minimum absolute atomic E-state index is 0.0302. The van der Waals surface area contributed by atoms with Crippen LogP contribution >= 0.6 is 0 Å². The zero-order valence-electron chi connectivity index (χ0n) is 10.2. The van der Waals surface area contributed by atoms with Gasteiger partial charge in [0.1, 0.15) is 5.75 Å². The molecule has 2 rings (SSSR count). The van der Waals surface area contributed by atoms with Crippen LogP contribution in [-0.4, -0.2) is 17.9 Å². The Kier molecular flexibility index (Phi) is 3.85. The van der Waals surface area contributed by atoms with Gasteiger partial charge in [-0.25, -0.2) is 9.37 Å². The minimum Gasteiger partial charge on any atom is -0.497 e. The molecule has 0 bridgehead atoms. The molecule has 5 heteroatoms. The van der Waals surface area contributed by atoms with Gasteiger partial charge in [0.2, 0.25) is 5.95 Å². The van der Waals surface area contributed by atoms with Gasteiger partial charge in [0, 0.05) is 12.5 Å². The van der Waals surface area contributed by atoms with Crippen molar-refractivity contribution < 1.29 is 18.3 Å². The van der Waals surface area contributed by atoms with Gasteiger partial charge in [-0.3, -0.25) is 4.79 Å². The summed E-state index contributed by atoms with van der Waals surface area (Å²) < 4.78 is 31.3. The first-order valence-corrected chi connectivity index (χ1v) is 5.57. The van der Waals surface area contributed by atoms with Crippen LogP contribution in [0.2, 0.25) is 0 Å². The molecule has 19 heavy (non-hydrogen) atoms. The van der Waals surface area contributed by atoms with Crippen LogP contribution < -0.4 is 4.74 Å². The van der Waals surface area contributed by atoms with Crippen molar-refractivity contribution in [1.82, 2.24) is 4.98 Å². The standard InChI is InChI=1S/C14H11F2NO2/c1-19-10-4-2-3-9(5-10)6-13(18)11-7-14(16)17-8-12(11)15/h2-5,7-8H,6H2,1H3. The first-order chi connectivity index (χ1) is 9.10. The molecule has 98 valence electrons. The molecule has 0 atom stereocenters. The zero-order valence-corrected chi connectivity index (χ0v) is 10.2. The minimum atomic E-state index is -0.879. The monoisotopic (exact) mass is 263 g/mol. The smallest absolute Gasteiger partial charge is 0.213 e. The number of pyridine rings is 1. The quantitative estimate of drug-likeness (QED) is 0.629. The van der Waals surface area contributed by atoms with Gasteiger partial charge < -0.3 is 4.74 Å². The van der Waals surface area contributed by atoms with Crippen molar-refractivity contribution in [2.45, 2.75) is 6.42 Å². The Bertz CT molecular complexity index is 614. The molecular formula is C14H11F2NO2. The van der Waals surface area contributed by atoms with Gasteiger partial charge in [-0.2, -0.15) is 4.39 Å². The lowest BCUT2D eigenvalue weighted by Gasteiger charge is -2.05. The first kappa shape index (κ1) is 13.1. The summed E-state index contributed by atoms with van der Waals surface area (Å²) in [5, 5.41) is 0. The molecule has 1 heterocycles. The fourth-order valence-electron chi connectivity index (χ4n) is 1.69. The van der Waals surface area contributed by atoms with E-state index in [-0.39, 0.29) is 12.0 Å². The average Bonchev–Trinajstić information content (AvgIpc) is 2.41. The number of carbonyl (C=O) groups is 1. The summed E-state index contributed by atoms with van der Waals surface area (Å²) in [5.41, 5.74) is 0.372. The van der Waals surface area contributed by atoms with Gasteiger partial charge in [-0.1, -0.05) is 12.1 Å². The van der Waals surface area contributed by atoms with E-state index in [0.29, 0.717) is 17.5 Å². The lowest BCUT2D eigenvalue weighted by molar-refractivity contribution is 0.0988. The van der Waals surface area contributed by atoms with Crippen LogP contribution in [0.4, 0.5) is 8.78 Å². The van der Waals surface area contributed by atoms with Crippen LogP contribution in [0, 0.1) is 11.8 Å². The van der Waals surface area contributed by atoms with Crippen molar-refractivity contribution >= 4 is 5.78 Å². The molecule has 3 nitrogen and oxygen atoms in total. The van der Waals surface area contributed by atoms with Crippen LogP contribution in [0.25, 0.3) is 0 Å². The van der Waals surface area contributed by atoms with Crippen LogP contribution in [0.3, 0.4) is 0 Å². The largest absolute Gasteiger partial charge is 0.497 e. The third-order valence-electron chi connectivity index (χ3n) is 2.62. The topological polar surface area (TPSA) is 39.2 Å². The maximum Gasteiger partial charge on any atom is 0.213 e. The Morgan fingerprint density at radius 2 is 2.11 bits per heavy atom. The van der Waals surface area contributed by atoms with Crippen molar-refractivity contribution in [3.63, 3.8) is 0 Å². The molecule has 0 saturated heterocycles.